The molecule has 0 aliphatic carbocycles. The fourth-order valence-corrected chi connectivity index (χ4v) is 1.65. The molecule has 1 aromatic carbocycles. The van der Waals surface area contributed by atoms with Crippen LogP contribution in [-0.4, -0.2) is 9.55 Å². The van der Waals surface area contributed by atoms with Crippen LogP contribution in [0.25, 0.3) is 0 Å². The summed E-state index contributed by atoms with van der Waals surface area (Å²) in [5, 5.41) is 0.00500. The molecule has 0 saturated heterocycles. The molecule has 1 atom stereocenters. The molecule has 2 aromatic rings. The highest BCUT2D eigenvalue weighted by Crippen LogP contribution is 2.21. The minimum atomic E-state index is 0.00500. The zero-order chi connectivity index (χ0) is 9.80. The molecule has 0 aliphatic rings. The number of benzene rings is 1. The predicted molar refractivity (Wildman–Crippen MR) is 57.3 cm³/mol. The van der Waals surface area contributed by atoms with Crippen molar-refractivity contribution < 1.29 is 0 Å². The number of aromatic nitrogens is 2. The second-order valence-electron chi connectivity index (χ2n) is 3.14. The highest BCUT2D eigenvalue weighted by atomic mass is 35.5. The van der Waals surface area contributed by atoms with Gasteiger partial charge in [-0.15, -0.1) is 11.6 Å². The monoisotopic (exact) mass is 206 g/mol. The Morgan fingerprint density at radius 2 is 2.07 bits per heavy atom. The molecule has 14 heavy (non-hydrogen) atoms. The van der Waals surface area contributed by atoms with Crippen LogP contribution in [0.15, 0.2) is 49.1 Å². The largest absolute Gasteiger partial charge is 0.336 e. The van der Waals surface area contributed by atoms with E-state index in [2.05, 4.69) is 4.98 Å². The summed E-state index contributed by atoms with van der Waals surface area (Å²) in [6.07, 6.45) is 5.45. The lowest BCUT2D eigenvalue weighted by Gasteiger charge is -2.09. The lowest BCUT2D eigenvalue weighted by atomic mass is 10.1. The van der Waals surface area contributed by atoms with Gasteiger partial charge in [-0.1, -0.05) is 30.3 Å². The molecule has 1 heterocycles. The van der Waals surface area contributed by atoms with Crippen LogP contribution < -0.4 is 0 Å². The van der Waals surface area contributed by atoms with Gasteiger partial charge in [-0.2, -0.15) is 0 Å². The molecule has 0 N–H and O–H groups in total. The highest BCUT2D eigenvalue weighted by molar-refractivity contribution is 6.20. The third kappa shape index (κ3) is 2.15. The van der Waals surface area contributed by atoms with E-state index in [0.717, 1.165) is 12.1 Å². The van der Waals surface area contributed by atoms with E-state index in [4.69, 9.17) is 11.6 Å². The fraction of sp³-hybridized carbons (Fsp3) is 0.182. The summed E-state index contributed by atoms with van der Waals surface area (Å²) in [4.78, 5) is 3.97. The lowest BCUT2D eigenvalue weighted by molar-refractivity contribution is 0.677. The van der Waals surface area contributed by atoms with E-state index >= 15 is 0 Å². The average Bonchev–Trinajstić information content (AvgIpc) is 2.72. The SMILES string of the molecule is Cl[C@@H](Cn1ccnc1)c1ccccc1. The van der Waals surface area contributed by atoms with Crippen molar-refractivity contribution in [3.05, 3.63) is 54.6 Å². The number of rotatable bonds is 3. The molecule has 3 heteroatoms. The summed E-state index contributed by atoms with van der Waals surface area (Å²) < 4.78 is 1.98. The van der Waals surface area contributed by atoms with Crippen molar-refractivity contribution in [3.63, 3.8) is 0 Å². The zero-order valence-corrected chi connectivity index (χ0v) is 8.43. The summed E-state index contributed by atoms with van der Waals surface area (Å²) in [6.45, 7) is 0.756. The maximum atomic E-state index is 6.25. The van der Waals surface area contributed by atoms with Crippen LogP contribution in [0.4, 0.5) is 0 Å². The van der Waals surface area contributed by atoms with Gasteiger partial charge in [0.15, 0.2) is 0 Å². The normalized spacial score (nSPS) is 12.6. The van der Waals surface area contributed by atoms with Gasteiger partial charge < -0.3 is 4.57 Å². The molecule has 0 fully saturated rings. The van der Waals surface area contributed by atoms with E-state index in [1.165, 1.54) is 0 Å². The summed E-state index contributed by atoms with van der Waals surface area (Å²) in [7, 11) is 0. The van der Waals surface area contributed by atoms with Gasteiger partial charge in [0.2, 0.25) is 0 Å². The molecule has 0 aliphatic heterocycles. The Labute approximate surface area is 88.2 Å². The van der Waals surface area contributed by atoms with Crippen molar-refractivity contribution in [1.82, 2.24) is 9.55 Å². The second kappa shape index (κ2) is 4.29. The Kier molecular flexibility index (Phi) is 2.84. The summed E-state index contributed by atoms with van der Waals surface area (Å²) >= 11 is 6.25. The van der Waals surface area contributed by atoms with Crippen molar-refractivity contribution in [2.45, 2.75) is 11.9 Å². The first-order valence-corrected chi connectivity index (χ1v) is 4.94. The van der Waals surface area contributed by atoms with Crippen LogP contribution in [0.1, 0.15) is 10.9 Å². The van der Waals surface area contributed by atoms with E-state index in [-0.39, 0.29) is 5.38 Å². The highest BCUT2D eigenvalue weighted by Gasteiger charge is 2.06. The molecule has 0 saturated carbocycles. The molecule has 2 rings (SSSR count). The molecule has 0 amide bonds. The first-order chi connectivity index (χ1) is 6.86. The number of imidazole rings is 1. The molecule has 1 aromatic heterocycles. The summed E-state index contributed by atoms with van der Waals surface area (Å²) in [6, 6.07) is 10.1. The zero-order valence-electron chi connectivity index (χ0n) is 7.68. The van der Waals surface area contributed by atoms with Gasteiger partial charge in [-0.05, 0) is 5.56 Å². The Hall–Kier alpha value is -1.28. The van der Waals surface area contributed by atoms with Crippen molar-refractivity contribution in [3.8, 4) is 0 Å². The molecular formula is C11H11ClN2. The fourth-order valence-electron chi connectivity index (χ4n) is 1.35. The Bertz CT molecular complexity index is 369. The number of nitrogens with zero attached hydrogens (tertiary/aromatic N) is 2. The molecule has 0 unspecified atom stereocenters. The first-order valence-electron chi connectivity index (χ1n) is 4.51. The van der Waals surface area contributed by atoms with Gasteiger partial charge >= 0.3 is 0 Å². The third-order valence-electron chi connectivity index (χ3n) is 2.09. The summed E-state index contributed by atoms with van der Waals surface area (Å²) in [5.41, 5.74) is 1.14. The average molecular weight is 207 g/mol. The van der Waals surface area contributed by atoms with E-state index in [1.54, 1.807) is 12.5 Å². The van der Waals surface area contributed by atoms with Gasteiger partial charge in [0.05, 0.1) is 11.7 Å². The number of alkyl halides is 1. The van der Waals surface area contributed by atoms with E-state index in [1.807, 2.05) is 41.1 Å². The Morgan fingerprint density at radius 3 is 2.71 bits per heavy atom. The quantitative estimate of drug-likeness (QED) is 0.707. The third-order valence-corrected chi connectivity index (χ3v) is 2.48. The van der Waals surface area contributed by atoms with Crippen LogP contribution in [0, 0.1) is 0 Å². The number of hydrogen-bond donors (Lipinski definition) is 0. The topological polar surface area (TPSA) is 17.8 Å². The molecule has 72 valence electrons. The van der Waals surface area contributed by atoms with Gasteiger partial charge in [-0.25, -0.2) is 4.98 Å². The number of hydrogen-bond acceptors (Lipinski definition) is 1. The van der Waals surface area contributed by atoms with Gasteiger partial charge in [0, 0.05) is 18.9 Å². The first kappa shape index (κ1) is 9.28. The van der Waals surface area contributed by atoms with Crippen molar-refractivity contribution in [2.75, 3.05) is 0 Å². The van der Waals surface area contributed by atoms with Gasteiger partial charge in [0.1, 0.15) is 0 Å². The standard InChI is InChI=1S/C11H11ClN2/c12-11(8-14-7-6-13-9-14)10-4-2-1-3-5-10/h1-7,9,11H,8H2/t11-/m0/s1. The van der Waals surface area contributed by atoms with Crippen LogP contribution >= 0.6 is 11.6 Å². The van der Waals surface area contributed by atoms with Crippen LogP contribution in [0.5, 0.6) is 0 Å². The predicted octanol–water partition coefficient (Wildman–Crippen LogP) is 2.86. The Morgan fingerprint density at radius 1 is 1.29 bits per heavy atom. The van der Waals surface area contributed by atoms with E-state index in [0.29, 0.717) is 0 Å². The van der Waals surface area contributed by atoms with Crippen molar-refractivity contribution in [1.29, 1.82) is 0 Å². The van der Waals surface area contributed by atoms with Gasteiger partial charge in [0.25, 0.3) is 0 Å². The van der Waals surface area contributed by atoms with Crippen molar-refractivity contribution >= 4 is 11.6 Å². The van der Waals surface area contributed by atoms with Gasteiger partial charge in [-0.3, -0.25) is 0 Å². The smallest absolute Gasteiger partial charge is 0.0946 e. The Balaban J connectivity index is 2.07. The van der Waals surface area contributed by atoms with Crippen LogP contribution in [0.2, 0.25) is 0 Å². The lowest BCUT2D eigenvalue weighted by Crippen LogP contribution is -2.01. The molecule has 0 radical (unpaired) electrons. The van der Waals surface area contributed by atoms with Crippen LogP contribution in [0.3, 0.4) is 0 Å². The minimum Gasteiger partial charge on any atom is -0.336 e. The van der Waals surface area contributed by atoms with Crippen molar-refractivity contribution in [2.24, 2.45) is 0 Å². The minimum absolute atomic E-state index is 0.00500. The summed E-state index contributed by atoms with van der Waals surface area (Å²) in [5.74, 6) is 0. The molecular weight excluding hydrogens is 196 g/mol. The van der Waals surface area contributed by atoms with Crippen LogP contribution in [-0.2, 0) is 6.54 Å². The van der Waals surface area contributed by atoms with E-state index in [9.17, 15) is 0 Å². The molecule has 2 nitrogen and oxygen atoms in total. The maximum absolute atomic E-state index is 6.25. The van der Waals surface area contributed by atoms with E-state index < -0.39 is 0 Å². The molecule has 0 spiro atoms. The number of halogens is 1. The second-order valence-corrected chi connectivity index (χ2v) is 3.66. The maximum Gasteiger partial charge on any atom is 0.0946 e. The molecule has 0 bridgehead atoms.